The van der Waals surface area contributed by atoms with Crippen LogP contribution >= 0.6 is 15.9 Å². The Morgan fingerprint density at radius 1 is 1.40 bits per heavy atom. The topological polar surface area (TPSA) is 29.5 Å². The van der Waals surface area contributed by atoms with Crippen LogP contribution in [-0.4, -0.2) is 11.7 Å². The maximum atomic E-state index is 9.80. The molecular weight excluding hydrogens is 256 g/mol. The van der Waals surface area contributed by atoms with Gasteiger partial charge >= 0.3 is 0 Å². The Bertz CT molecular complexity index is 312. The molecule has 84 valence electrons. The van der Waals surface area contributed by atoms with Gasteiger partial charge in [0.1, 0.15) is 5.75 Å². The van der Waals surface area contributed by atoms with E-state index in [0.29, 0.717) is 6.61 Å². The zero-order chi connectivity index (χ0) is 11.3. The quantitative estimate of drug-likeness (QED) is 0.886. The van der Waals surface area contributed by atoms with E-state index in [1.807, 2.05) is 25.1 Å². The second-order valence-electron chi connectivity index (χ2n) is 3.43. The minimum atomic E-state index is -0.373. The predicted octanol–water partition coefficient (Wildman–Crippen LogP) is 3.68. The SMILES string of the molecule is CCCC(O)c1ccc(OCC)c(Br)c1. The summed E-state index contributed by atoms with van der Waals surface area (Å²) in [6.45, 7) is 4.66. The summed E-state index contributed by atoms with van der Waals surface area (Å²) in [5, 5.41) is 9.80. The minimum Gasteiger partial charge on any atom is -0.493 e. The number of hydrogen-bond donors (Lipinski definition) is 1. The smallest absolute Gasteiger partial charge is 0.133 e. The molecular formula is C12H17BrO2. The van der Waals surface area contributed by atoms with Crippen molar-refractivity contribution in [3.05, 3.63) is 28.2 Å². The van der Waals surface area contributed by atoms with E-state index >= 15 is 0 Å². The number of halogens is 1. The van der Waals surface area contributed by atoms with Gasteiger partial charge in [0.25, 0.3) is 0 Å². The molecule has 1 aromatic rings. The van der Waals surface area contributed by atoms with Gasteiger partial charge in [-0.25, -0.2) is 0 Å². The summed E-state index contributed by atoms with van der Waals surface area (Å²) < 4.78 is 6.30. The van der Waals surface area contributed by atoms with Crippen LogP contribution in [-0.2, 0) is 0 Å². The molecule has 0 radical (unpaired) electrons. The van der Waals surface area contributed by atoms with Crippen molar-refractivity contribution < 1.29 is 9.84 Å². The van der Waals surface area contributed by atoms with Crippen LogP contribution in [0.5, 0.6) is 5.75 Å². The zero-order valence-corrected chi connectivity index (χ0v) is 10.8. The van der Waals surface area contributed by atoms with Crippen LogP contribution in [0.3, 0.4) is 0 Å². The van der Waals surface area contributed by atoms with Crippen molar-refractivity contribution in [2.75, 3.05) is 6.61 Å². The van der Waals surface area contributed by atoms with Crippen molar-refractivity contribution in [3.8, 4) is 5.75 Å². The molecule has 3 heteroatoms. The first-order chi connectivity index (χ1) is 7.19. The average Bonchev–Trinajstić information content (AvgIpc) is 2.21. The summed E-state index contributed by atoms with van der Waals surface area (Å²) in [6, 6.07) is 5.73. The molecule has 0 bridgehead atoms. The highest BCUT2D eigenvalue weighted by Crippen LogP contribution is 2.29. The average molecular weight is 273 g/mol. The molecule has 1 atom stereocenters. The highest BCUT2D eigenvalue weighted by atomic mass is 79.9. The Hall–Kier alpha value is -0.540. The Kier molecular flexibility index (Phi) is 5.12. The summed E-state index contributed by atoms with van der Waals surface area (Å²) in [5.41, 5.74) is 0.937. The Labute approximate surface area is 99.4 Å². The molecule has 0 spiro atoms. The van der Waals surface area contributed by atoms with Crippen LogP contribution in [0, 0.1) is 0 Å². The maximum Gasteiger partial charge on any atom is 0.133 e. The third kappa shape index (κ3) is 3.50. The monoisotopic (exact) mass is 272 g/mol. The molecule has 1 rings (SSSR count). The van der Waals surface area contributed by atoms with Gasteiger partial charge in [0.05, 0.1) is 17.2 Å². The lowest BCUT2D eigenvalue weighted by Crippen LogP contribution is -1.98. The van der Waals surface area contributed by atoms with Gasteiger partial charge < -0.3 is 9.84 Å². The number of benzene rings is 1. The maximum absolute atomic E-state index is 9.80. The fourth-order valence-corrected chi connectivity index (χ4v) is 1.95. The largest absolute Gasteiger partial charge is 0.493 e. The fourth-order valence-electron chi connectivity index (χ4n) is 1.44. The van der Waals surface area contributed by atoms with Gasteiger partial charge in [-0.1, -0.05) is 19.4 Å². The lowest BCUT2D eigenvalue weighted by Gasteiger charge is -2.12. The van der Waals surface area contributed by atoms with Crippen molar-refractivity contribution in [1.82, 2.24) is 0 Å². The molecule has 1 unspecified atom stereocenters. The third-order valence-electron chi connectivity index (χ3n) is 2.20. The minimum absolute atomic E-state index is 0.373. The summed E-state index contributed by atoms with van der Waals surface area (Å²) in [5.74, 6) is 0.824. The Morgan fingerprint density at radius 2 is 2.13 bits per heavy atom. The first-order valence-corrected chi connectivity index (χ1v) is 6.08. The standard InChI is InChI=1S/C12H17BrO2/c1-3-5-11(14)9-6-7-12(15-4-2)10(13)8-9/h6-8,11,14H,3-5H2,1-2H3. The van der Waals surface area contributed by atoms with E-state index < -0.39 is 0 Å². The van der Waals surface area contributed by atoms with Crippen molar-refractivity contribution in [2.45, 2.75) is 32.8 Å². The number of hydrogen-bond acceptors (Lipinski definition) is 2. The number of aliphatic hydroxyl groups excluding tert-OH is 1. The molecule has 0 amide bonds. The molecule has 1 N–H and O–H groups in total. The summed E-state index contributed by atoms with van der Waals surface area (Å²) in [6.07, 6.45) is 1.40. The third-order valence-corrected chi connectivity index (χ3v) is 2.82. The molecule has 0 aromatic heterocycles. The van der Waals surface area contributed by atoms with E-state index in [-0.39, 0.29) is 6.10 Å². The second kappa shape index (κ2) is 6.13. The van der Waals surface area contributed by atoms with Crippen molar-refractivity contribution >= 4 is 15.9 Å². The van der Waals surface area contributed by atoms with E-state index in [9.17, 15) is 5.11 Å². The van der Waals surface area contributed by atoms with Crippen molar-refractivity contribution in [2.24, 2.45) is 0 Å². The Balaban J connectivity index is 2.81. The van der Waals surface area contributed by atoms with Gasteiger partial charge in [-0.15, -0.1) is 0 Å². The van der Waals surface area contributed by atoms with Crippen LogP contribution in [0.25, 0.3) is 0 Å². The van der Waals surface area contributed by atoms with E-state index in [1.165, 1.54) is 0 Å². The zero-order valence-electron chi connectivity index (χ0n) is 9.16. The molecule has 0 aliphatic heterocycles. The molecule has 0 aliphatic rings. The van der Waals surface area contributed by atoms with E-state index in [1.54, 1.807) is 0 Å². The Morgan fingerprint density at radius 3 is 2.67 bits per heavy atom. The predicted molar refractivity (Wildman–Crippen MR) is 65.2 cm³/mol. The highest BCUT2D eigenvalue weighted by molar-refractivity contribution is 9.10. The van der Waals surface area contributed by atoms with Crippen molar-refractivity contribution in [1.29, 1.82) is 0 Å². The van der Waals surface area contributed by atoms with E-state index in [4.69, 9.17) is 4.74 Å². The van der Waals surface area contributed by atoms with Crippen molar-refractivity contribution in [3.63, 3.8) is 0 Å². The number of ether oxygens (including phenoxy) is 1. The van der Waals surface area contributed by atoms with E-state index in [0.717, 1.165) is 28.6 Å². The second-order valence-corrected chi connectivity index (χ2v) is 4.28. The van der Waals surface area contributed by atoms with Crippen LogP contribution in [0.15, 0.2) is 22.7 Å². The molecule has 15 heavy (non-hydrogen) atoms. The fraction of sp³-hybridized carbons (Fsp3) is 0.500. The van der Waals surface area contributed by atoms with Gasteiger partial charge in [0, 0.05) is 0 Å². The van der Waals surface area contributed by atoms with Crippen LogP contribution < -0.4 is 4.74 Å². The summed E-state index contributed by atoms with van der Waals surface area (Å²) >= 11 is 3.43. The number of rotatable bonds is 5. The van der Waals surface area contributed by atoms with Crippen LogP contribution in [0.2, 0.25) is 0 Å². The normalized spacial score (nSPS) is 12.5. The summed E-state index contributed by atoms with van der Waals surface area (Å²) in [4.78, 5) is 0. The molecule has 0 fully saturated rings. The van der Waals surface area contributed by atoms with Gasteiger partial charge in [-0.3, -0.25) is 0 Å². The lowest BCUT2D eigenvalue weighted by atomic mass is 10.1. The summed E-state index contributed by atoms with van der Waals surface area (Å²) in [7, 11) is 0. The van der Waals surface area contributed by atoms with Crippen LogP contribution in [0.4, 0.5) is 0 Å². The van der Waals surface area contributed by atoms with Crippen LogP contribution in [0.1, 0.15) is 38.4 Å². The van der Waals surface area contributed by atoms with E-state index in [2.05, 4.69) is 22.9 Å². The molecule has 1 aromatic carbocycles. The highest BCUT2D eigenvalue weighted by Gasteiger charge is 2.08. The first-order valence-electron chi connectivity index (χ1n) is 5.29. The van der Waals surface area contributed by atoms with Gasteiger partial charge in [-0.2, -0.15) is 0 Å². The molecule has 0 saturated carbocycles. The number of aliphatic hydroxyl groups is 1. The molecule has 0 aliphatic carbocycles. The van der Waals surface area contributed by atoms with Gasteiger partial charge in [0.2, 0.25) is 0 Å². The van der Waals surface area contributed by atoms with Gasteiger partial charge in [-0.05, 0) is 47.0 Å². The molecule has 2 nitrogen and oxygen atoms in total. The molecule has 0 saturated heterocycles. The van der Waals surface area contributed by atoms with Gasteiger partial charge in [0.15, 0.2) is 0 Å². The molecule has 0 heterocycles. The lowest BCUT2D eigenvalue weighted by molar-refractivity contribution is 0.166. The first kappa shape index (κ1) is 12.5.